The fourth-order valence-electron chi connectivity index (χ4n) is 2.42. The van der Waals surface area contributed by atoms with E-state index in [1.165, 1.54) is 19.3 Å². The average molecular weight is 226 g/mol. The van der Waals surface area contributed by atoms with Crippen LogP contribution in [0.15, 0.2) is 0 Å². The Kier molecular flexibility index (Phi) is 5.81. The second-order valence-electron chi connectivity index (χ2n) is 5.10. The number of hydrogen-bond donors (Lipinski definition) is 2. The van der Waals surface area contributed by atoms with E-state index in [0.29, 0.717) is 18.5 Å². The standard InChI is InChI=1S/C13H26N2O/c1-4-8-14-13(16)9-15-12-7-5-6-10(2)11(12)3/h10-12,15H,4-9H2,1-3H3,(H,14,16). The first kappa shape index (κ1) is 13.5. The van der Waals surface area contributed by atoms with E-state index in [4.69, 9.17) is 0 Å². The first-order valence-electron chi connectivity index (χ1n) is 6.65. The van der Waals surface area contributed by atoms with Crippen molar-refractivity contribution < 1.29 is 4.79 Å². The van der Waals surface area contributed by atoms with E-state index in [0.717, 1.165) is 18.9 Å². The van der Waals surface area contributed by atoms with Gasteiger partial charge in [-0.2, -0.15) is 0 Å². The molecule has 2 N–H and O–H groups in total. The molecule has 16 heavy (non-hydrogen) atoms. The Morgan fingerprint density at radius 1 is 1.31 bits per heavy atom. The lowest BCUT2D eigenvalue weighted by Gasteiger charge is -2.34. The van der Waals surface area contributed by atoms with Crippen LogP contribution in [0.3, 0.4) is 0 Å². The van der Waals surface area contributed by atoms with Gasteiger partial charge in [0, 0.05) is 12.6 Å². The van der Waals surface area contributed by atoms with E-state index >= 15 is 0 Å². The number of carbonyl (C=O) groups excluding carboxylic acids is 1. The minimum absolute atomic E-state index is 0.132. The van der Waals surface area contributed by atoms with Crippen molar-refractivity contribution in [2.45, 2.75) is 52.5 Å². The van der Waals surface area contributed by atoms with Gasteiger partial charge in [0.2, 0.25) is 5.91 Å². The molecule has 3 atom stereocenters. The Morgan fingerprint density at radius 2 is 2.06 bits per heavy atom. The molecule has 0 spiro atoms. The normalized spacial score (nSPS) is 30.1. The summed E-state index contributed by atoms with van der Waals surface area (Å²) < 4.78 is 0. The highest BCUT2D eigenvalue weighted by Gasteiger charge is 2.26. The van der Waals surface area contributed by atoms with Gasteiger partial charge in [-0.25, -0.2) is 0 Å². The maximum atomic E-state index is 11.5. The Hall–Kier alpha value is -0.570. The Labute approximate surface area is 99.4 Å². The number of carbonyl (C=O) groups is 1. The highest BCUT2D eigenvalue weighted by atomic mass is 16.1. The molecule has 3 nitrogen and oxygen atoms in total. The molecule has 1 rings (SSSR count). The highest BCUT2D eigenvalue weighted by Crippen LogP contribution is 2.29. The molecule has 1 aliphatic carbocycles. The molecule has 0 aromatic rings. The fourth-order valence-corrected chi connectivity index (χ4v) is 2.42. The van der Waals surface area contributed by atoms with Gasteiger partial charge in [0.05, 0.1) is 6.54 Å². The third-order valence-corrected chi connectivity index (χ3v) is 3.80. The predicted octanol–water partition coefficient (Wildman–Crippen LogP) is 1.93. The second kappa shape index (κ2) is 6.89. The number of hydrogen-bond acceptors (Lipinski definition) is 2. The van der Waals surface area contributed by atoms with E-state index in [2.05, 4.69) is 31.4 Å². The van der Waals surface area contributed by atoms with Gasteiger partial charge < -0.3 is 10.6 Å². The van der Waals surface area contributed by atoms with Crippen LogP contribution in [-0.4, -0.2) is 25.0 Å². The lowest BCUT2D eigenvalue weighted by atomic mass is 9.78. The third-order valence-electron chi connectivity index (χ3n) is 3.80. The summed E-state index contributed by atoms with van der Waals surface area (Å²) in [5.74, 6) is 1.60. The largest absolute Gasteiger partial charge is 0.355 e. The molecule has 0 aliphatic heterocycles. The van der Waals surface area contributed by atoms with Crippen LogP contribution in [0.2, 0.25) is 0 Å². The van der Waals surface area contributed by atoms with Gasteiger partial charge in [0.25, 0.3) is 0 Å². The van der Waals surface area contributed by atoms with Gasteiger partial charge in [-0.15, -0.1) is 0 Å². The van der Waals surface area contributed by atoms with E-state index < -0.39 is 0 Å². The minimum Gasteiger partial charge on any atom is -0.355 e. The second-order valence-corrected chi connectivity index (χ2v) is 5.10. The quantitative estimate of drug-likeness (QED) is 0.752. The molecule has 1 aliphatic rings. The molecule has 0 aromatic heterocycles. The van der Waals surface area contributed by atoms with Crippen molar-refractivity contribution >= 4 is 5.91 Å². The van der Waals surface area contributed by atoms with E-state index in [-0.39, 0.29) is 5.91 Å². The molecule has 1 fully saturated rings. The van der Waals surface area contributed by atoms with Crippen LogP contribution in [0.5, 0.6) is 0 Å². The Morgan fingerprint density at radius 3 is 2.75 bits per heavy atom. The summed E-state index contributed by atoms with van der Waals surface area (Å²) in [5.41, 5.74) is 0. The van der Waals surface area contributed by atoms with Crippen molar-refractivity contribution in [1.29, 1.82) is 0 Å². The van der Waals surface area contributed by atoms with Gasteiger partial charge in [-0.1, -0.05) is 33.6 Å². The van der Waals surface area contributed by atoms with Crippen LogP contribution in [0.25, 0.3) is 0 Å². The molecule has 0 saturated heterocycles. The molecule has 94 valence electrons. The maximum Gasteiger partial charge on any atom is 0.233 e. The average Bonchev–Trinajstić information content (AvgIpc) is 2.28. The van der Waals surface area contributed by atoms with Crippen molar-refractivity contribution in [2.75, 3.05) is 13.1 Å². The zero-order chi connectivity index (χ0) is 12.0. The summed E-state index contributed by atoms with van der Waals surface area (Å²) in [6, 6.07) is 0.524. The predicted molar refractivity (Wildman–Crippen MR) is 67.3 cm³/mol. The van der Waals surface area contributed by atoms with Gasteiger partial charge in [-0.3, -0.25) is 4.79 Å². The minimum atomic E-state index is 0.132. The van der Waals surface area contributed by atoms with Crippen molar-refractivity contribution in [2.24, 2.45) is 11.8 Å². The third kappa shape index (κ3) is 4.12. The zero-order valence-corrected chi connectivity index (χ0v) is 10.9. The van der Waals surface area contributed by atoms with Crippen LogP contribution in [0.4, 0.5) is 0 Å². The lowest BCUT2D eigenvalue weighted by Crippen LogP contribution is -2.45. The van der Waals surface area contributed by atoms with Crippen LogP contribution in [0.1, 0.15) is 46.5 Å². The first-order valence-corrected chi connectivity index (χ1v) is 6.65. The van der Waals surface area contributed by atoms with E-state index in [1.807, 2.05) is 0 Å². The van der Waals surface area contributed by atoms with Gasteiger partial charge in [-0.05, 0) is 24.7 Å². The van der Waals surface area contributed by atoms with Gasteiger partial charge in [0.15, 0.2) is 0 Å². The van der Waals surface area contributed by atoms with Crippen molar-refractivity contribution in [3.63, 3.8) is 0 Å². The summed E-state index contributed by atoms with van der Waals surface area (Å²) in [6.07, 6.45) is 4.84. The fraction of sp³-hybridized carbons (Fsp3) is 0.923. The Balaban J connectivity index is 2.23. The molecule has 1 amide bonds. The first-order chi connectivity index (χ1) is 7.65. The molecule has 1 saturated carbocycles. The highest BCUT2D eigenvalue weighted by molar-refractivity contribution is 5.77. The number of amides is 1. The summed E-state index contributed by atoms with van der Waals surface area (Å²) in [4.78, 5) is 11.5. The monoisotopic (exact) mass is 226 g/mol. The van der Waals surface area contributed by atoms with Gasteiger partial charge in [0.1, 0.15) is 0 Å². The molecule has 0 heterocycles. The summed E-state index contributed by atoms with van der Waals surface area (Å²) in [6.45, 7) is 7.94. The molecular formula is C13H26N2O. The number of rotatable bonds is 5. The maximum absolute atomic E-state index is 11.5. The smallest absolute Gasteiger partial charge is 0.233 e. The zero-order valence-electron chi connectivity index (χ0n) is 10.9. The topological polar surface area (TPSA) is 41.1 Å². The molecule has 0 aromatic carbocycles. The SMILES string of the molecule is CCCNC(=O)CNC1CCCC(C)C1C. The molecule has 0 radical (unpaired) electrons. The molecule has 0 bridgehead atoms. The van der Waals surface area contributed by atoms with Crippen molar-refractivity contribution in [3.05, 3.63) is 0 Å². The summed E-state index contributed by atoms with van der Waals surface area (Å²) >= 11 is 0. The van der Waals surface area contributed by atoms with E-state index in [1.54, 1.807) is 0 Å². The molecule has 3 heteroatoms. The van der Waals surface area contributed by atoms with Crippen molar-refractivity contribution in [1.82, 2.24) is 10.6 Å². The van der Waals surface area contributed by atoms with Gasteiger partial charge >= 0.3 is 0 Å². The molecular weight excluding hydrogens is 200 g/mol. The van der Waals surface area contributed by atoms with Crippen LogP contribution in [-0.2, 0) is 4.79 Å². The lowest BCUT2D eigenvalue weighted by molar-refractivity contribution is -0.120. The van der Waals surface area contributed by atoms with Crippen LogP contribution < -0.4 is 10.6 Å². The summed E-state index contributed by atoms with van der Waals surface area (Å²) in [7, 11) is 0. The van der Waals surface area contributed by atoms with Crippen molar-refractivity contribution in [3.8, 4) is 0 Å². The van der Waals surface area contributed by atoms with Crippen LogP contribution >= 0.6 is 0 Å². The Bertz CT molecular complexity index is 218. The summed E-state index contributed by atoms with van der Waals surface area (Å²) in [5, 5.41) is 6.29. The van der Waals surface area contributed by atoms with Crippen LogP contribution in [0, 0.1) is 11.8 Å². The molecule has 3 unspecified atom stereocenters. The van der Waals surface area contributed by atoms with E-state index in [9.17, 15) is 4.79 Å². The number of nitrogens with one attached hydrogen (secondary N) is 2.